The Morgan fingerprint density at radius 3 is 3.06 bits per heavy atom. The average Bonchev–Trinajstić information content (AvgIpc) is 2.74. The fourth-order valence-electron chi connectivity index (χ4n) is 2.56. The minimum atomic E-state index is 0.188. The minimum Gasteiger partial charge on any atom is -0.364 e. The lowest BCUT2D eigenvalue weighted by molar-refractivity contribution is 0.389. The minimum absolute atomic E-state index is 0.188. The van der Waals surface area contributed by atoms with Crippen molar-refractivity contribution in [3.8, 4) is 0 Å². The molecular formula is C14H17N3O. The van der Waals surface area contributed by atoms with Gasteiger partial charge in [-0.3, -0.25) is 0 Å². The van der Waals surface area contributed by atoms with Crippen molar-refractivity contribution in [2.75, 3.05) is 11.4 Å². The summed E-state index contributed by atoms with van der Waals surface area (Å²) in [5, 5.41) is 4.05. The molecule has 2 N–H and O–H groups in total. The van der Waals surface area contributed by atoms with Crippen LogP contribution in [0.15, 0.2) is 34.9 Å². The Kier molecular flexibility index (Phi) is 2.80. The molecule has 4 nitrogen and oxygen atoms in total. The van der Waals surface area contributed by atoms with Crippen molar-refractivity contribution >= 4 is 5.69 Å². The average molecular weight is 243 g/mol. The highest BCUT2D eigenvalue weighted by atomic mass is 16.5. The molecule has 1 aliphatic heterocycles. The monoisotopic (exact) mass is 243 g/mol. The molecule has 0 aliphatic carbocycles. The number of aryl methyl sites for hydroxylation is 1. The summed E-state index contributed by atoms with van der Waals surface area (Å²) >= 11 is 0. The summed E-state index contributed by atoms with van der Waals surface area (Å²) in [4.78, 5) is 2.28. The van der Waals surface area contributed by atoms with Gasteiger partial charge in [0.05, 0.1) is 6.54 Å². The predicted octanol–water partition coefficient (Wildman–Crippen LogP) is 1.87. The van der Waals surface area contributed by atoms with Crippen molar-refractivity contribution in [3.05, 3.63) is 47.3 Å². The van der Waals surface area contributed by atoms with Crippen LogP contribution in [0.1, 0.15) is 17.0 Å². The lowest BCUT2D eigenvalue weighted by Gasteiger charge is -2.34. The molecule has 94 valence electrons. The zero-order valence-electron chi connectivity index (χ0n) is 10.5. The number of anilines is 1. The van der Waals surface area contributed by atoms with Gasteiger partial charge in [0, 0.05) is 24.3 Å². The Bertz CT molecular complexity index is 549. The number of benzene rings is 1. The van der Waals surface area contributed by atoms with E-state index in [-0.39, 0.29) is 6.04 Å². The lowest BCUT2D eigenvalue weighted by atomic mass is 9.98. The van der Waals surface area contributed by atoms with E-state index in [0.717, 1.165) is 31.0 Å². The fourth-order valence-corrected chi connectivity index (χ4v) is 2.56. The number of nitrogens with zero attached hydrogens (tertiary/aromatic N) is 2. The molecule has 18 heavy (non-hydrogen) atoms. The van der Waals surface area contributed by atoms with E-state index in [1.807, 2.05) is 13.0 Å². The van der Waals surface area contributed by atoms with Crippen LogP contribution in [0, 0.1) is 6.92 Å². The van der Waals surface area contributed by atoms with Crippen LogP contribution >= 0.6 is 0 Å². The van der Waals surface area contributed by atoms with Gasteiger partial charge in [0.1, 0.15) is 11.5 Å². The number of hydrogen-bond donors (Lipinski definition) is 1. The van der Waals surface area contributed by atoms with E-state index in [2.05, 4.69) is 34.3 Å². The van der Waals surface area contributed by atoms with Crippen molar-refractivity contribution in [1.82, 2.24) is 5.16 Å². The molecular weight excluding hydrogens is 226 g/mol. The van der Waals surface area contributed by atoms with Gasteiger partial charge in [0.2, 0.25) is 0 Å². The van der Waals surface area contributed by atoms with Gasteiger partial charge in [0.25, 0.3) is 0 Å². The van der Waals surface area contributed by atoms with E-state index in [1.165, 1.54) is 11.3 Å². The van der Waals surface area contributed by atoms with Crippen LogP contribution in [-0.4, -0.2) is 17.7 Å². The topological polar surface area (TPSA) is 55.3 Å². The molecule has 1 aromatic carbocycles. The zero-order chi connectivity index (χ0) is 12.5. The van der Waals surface area contributed by atoms with Crippen LogP contribution in [0.3, 0.4) is 0 Å². The van der Waals surface area contributed by atoms with E-state index in [9.17, 15) is 0 Å². The summed E-state index contributed by atoms with van der Waals surface area (Å²) in [5.74, 6) is 0.847. The lowest BCUT2D eigenvalue weighted by Crippen LogP contribution is -2.42. The molecule has 1 unspecified atom stereocenters. The third-order valence-corrected chi connectivity index (χ3v) is 3.30. The van der Waals surface area contributed by atoms with Crippen LogP contribution in [0.5, 0.6) is 0 Å². The third-order valence-electron chi connectivity index (χ3n) is 3.30. The second kappa shape index (κ2) is 4.46. The summed E-state index contributed by atoms with van der Waals surface area (Å²) in [6.07, 6.45) is 0.949. The molecule has 0 amide bonds. The van der Waals surface area contributed by atoms with Crippen molar-refractivity contribution in [3.63, 3.8) is 0 Å². The molecule has 2 aromatic rings. The molecule has 1 aliphatic rings. The highest BCUT2D eigenvalue weighted by molar-refractivity contribution is 5.56. The van der Waals surface area contributed by atoms with Gasteiger partial charge in [0.15, 0.2) is 0 Å². The van der Waals surface area contributed by atoms with Crippen LogP contribution in [0.25, 0.3) is 0 Å². The molecule has 0 bridgehead atoms. The van der Waals surface area contributed by atoms with Gasteiger partial charge in [-0.1, -0.05) is 23.4 Å². The molecule has 0 fully saturated rings. The smallest absolute Gasteiger partial charge is 0.133 e. The zero-order valence-corrected chi connectivity index (χ0v) is 10.5. The van der Waals surface area contributed by atoms with E-state index in [0.29, 0.717) is 0 Å². The maximum Gasteiger partial charge on any atom is 0.133 e. The number of nitrogens with two attached hydrogens (primary N) is 1. The second-order valence-electron chi connectivity index (χ2n) is 4.90. The first-order valence-corrected chi connectivity index (χ1v) is 6.23. The molecule has 1 aromatic heterocycles. The number of rotatable bonds is 2. The van der Waals surface area contributed by atoms with Gasteiger partial charge in [-0.05, 0) is 25.0 Å². The first-order valence-electron chi connectivity index (χ1n) is 6.23. The number of para-hydroxylation sites is 1. The van der Waals surface area contributed by atoms with Crippen LogP contribution in [0.2, 0.25) is 0 Å². The Labute approximate surface area is 106 Å². The molecule has 0 spiro atoms. The molecule has 0 radical (unpaired) electrons. The van der Waals surface area contributed by atoms with E-state index in [1.54, 1.807) is 0 Å². The number of aromatic nitrogens is 1. The van der Waals surface area contributed by atoms with Crippen molar-refractivity contribution in [1.29, 1.82) is 0 Å². The van der Waals surface area contributed by atoms with E-state index in [4.69, 9.17) is 10.3 Å². The second-order valence-corrected chi connectivity index (χ2v) is 4.90. The molecule has 0 saturated heterocycles. The van der Waals surface area contributed by atoms with Gasteiger partial charge < -0.3 is 15.2 Å². The maximum absolute atomic E-state index is 6.11. The molecule has 0 saturated carbocycles. The van der Waals surface area contributed by atoms with E-state index < -0.39 is 0 Å². The summed E-state index contributed by atoms with van der Waals surface area (Å²) in [6, 6.07) is 10.6. The molecule has 1 atom stereocenters. The van der Waals surface area contributed by atoms with Crippen molar-refractivity contribution in [2.24, 2.45) is 5.73 Å². The van der Waals surface area contributed by atoms with Crippen LogP contribution < -0.4 is 10.6 Å². The van der Waals surface area contributed by atoms with E-state index >= 15 is 0 Å². The highest BCUT2D eigenvalue weighted by Crippen LogP contribution is 2.27. The Morgan fingerprint density at radius 2 is 2.28 bits per heavy atom. The van der Waals surface area contributed by atoms with Gasteiger partial charge in [-0.2, -0.15) is 0 Å². The highest BCUT2D eigenvalue weighted by Gasteiger charge is 2.22. The molecule has 4 heteroatoms. The molecule has 2 heterocycles. The van der Waals surface area contributed by atoms with Gasteiger partial charge in [-0.25, -0.2) is 0 Å². The largest absolute Gasteiger partial charge is 0.364 e. The van der Waals surface area contributed by atoms with Crippen molar-refractivity contribution < 1.29 is 4.52 Å². The maximum atomic E-state index is 6.11. The van der Waals surface area contributed by atoms with Gasteiger partial charge in [-0.15, -0.1) is 0 Å². The third kappa shape index (κ3) is 2.11. The quantitative estimate of drug-likeness (QED) is 0.875. The summed E-state index contributed by atoms with van der Waals surface area (Å²) in [6.45, 7) is 3.53. The SMILES string of the molecule is Cc1cc(CN2CC(N)Cc3ccccc32)no1. The predicted molar refractivity (Wildman–Crippen MR) is 70.4 cm³/mol. The first kappa shape index (κ1) is 11.3. The standard InChI is InChI=1S/C14H17N3O/c1-10-6-13(16-18-10)9-17-8-12(15)7-11-4-2-3-5-14(11)17/h2-6,12H,7-9,15H2,1H3. The summed E-state index contributed by atoms with van der Waals surface area (Å²) in [5.41, 5.74) is 9.65. The Hall–Kier alpha value is -1.81. The normalized spacial score (nSPS) is 18.8. The summed E-state index contributed by atoms with van der Waals surface area (Å²) in [7, 11) is 0. The summed E-state index contributed by atoms with van der Waals surface area (Å²) < 4.78 is 5.11. The van der Waals surface area contributed by atoms with Crippen molar-refractivity contribution in [2.45, 2.75) is 25.9 Å². The Balaban J connectivity index is 1.88. The fraction of sp³-hybridized carbons (Fsp3) is 0.357. The molecule has 3 rings (SSSR count). The van der Waals surface area contributed by atoms with Crippen LogP contribution in [0.4, 0.5) is 5.69 Å². The number of hydrogen-bond acceptors (Lipinski definition) is 4. The first-order chi connectivity index (χ1) is 8.72. The van der Waals surface area contributed by atoms with Crippen LogP contribution in [-0.2, 0) is 13.0 Å². The Morgan fingerprint density at radius 1 is 1.44 bits per heavy atom. The number of fused-ring (bicyclic) bond motifs is 1. The van der Waals surface area contributed by atoms with Gasteiger partial charge >= 0.3 is 0 Å².